The molecular formula is C11H15ClF3N. The largest absolute Gasteiger partial charge is 0.416 e. The highest BCUT2D eigenvalue weighted by atomic mass is 35.5. The number of aryl methyl sites for hydroxylation is 1. The van der Waals surface area contributed by atoms with Gasteiger partial charge >= 0.3 is 6.18 Å². The van der Waals surface area contributed by atoms with Crippen molar-refractivity contribution in [3.63, 3.8) is 0 Å². The first-order valence-electron chi connectivity index (χ1n) is 4.81. The van der Waals surface area contributed by atoms with E-state index in [1.807, 2.05) is 6.92 Å². The first kappa shape index (κ1) is 15.3. The van der Waals surface area contributed by atoms with E-state index in [0.29, 0.717) is 18.4 Å². The maximum atomic E-state index is 12.3. The zero-order valence-electron chi connectivity index (χ0n) is 8.92. The van der Waals surface area contributed by atoms with Crippen LogP contribution in [-0.2, 0) is 12.6 Å². The van der Waals surface area contributed by atoms with Crippen LogP contribution in [0.15, 0.2) is 24.3 Å². The Morgan fingerprint density at radius 2 is 1.94 bits per heavy atom. The third-order valence-corrected chi connectivity index (χ3v) is 2.14. The maximum Gasteiger partial charge on any atom is 0.416 e. The Morgan fingerprint density at radius 3 is 2.44 bits per heavy atom. The van der Waals surface area contributed by atoms with Gasteiger partial charge in [0, 0.05) is 6.04 Å². The number of nitrogens with two attached hydrogens (primary N) is 1. The second-order valence-corrected chi connectivity index (χ2v) is 3.71. The lowest BCUT2D eigenvalue weighted by Gasteiger charge is -2.09. The van der Waals surface area contributed by atoms with E-state index in [0.717, 1.165) is 6.07 Å². The molecule has 0 aliphatic rings. The number of hydrogen-bond donors (Lipinski definition) is 1. The normalized spacial score (nSPS) is 13.1. The van der Waals surface area contributed by atoms with Crippen LogP contribution in [0.2, 0.25) is 0 Å². The second kappa shape index (κ2) is 6.11. The molecule has 0 aliphatic carbocycles. The van der Waals surface area contributed by atoms with E-state index in [2.05, 4.69) is 0 Å². The van der Waals surface area contributed by atoms with E-state index in [-0.39, 0.29) is 18.4 Å². The molecule has 0 saturated carbocycles. The molecule has 0 fully saturated rings. The highest BCUT2D eigenvalue weighted by Crippen LogP contribution is 2.29. The molecule has 1 aromatic rings. The Hall–Kier alpha value is -0.740. The minimum Gasteiger partial charge on any atom is -0.328 e. The molecule has 1 aromatic carbocycles. The van der Waals surface area contributed by atoms with Gasteiger partial charge in [0.05, 0.1) is 5.56 Å². The number of benzene rings is 1. The van der Waals surface area contributed by atoms with Crippen LogP contribution in [-0.4, -0.2) is 6.04 Å². The molecular weight excluding hydrogens is 239 g/mol. The SMILES string of the molecule is C[C@@H](N)CCc1cccc(C(F)(F)F)c1.Cl. The molecule has 2 N–H and O–H groups in total. The summed E-state index contributed by atoms with van der Waals surface area (Å²) in [6.45, 7) is 1.84. The van der Waals surface area contributed by atoms with Crippen LogP contribution in [0.4, 0.5) is 13.2 Å². The molecule has 5 heteroatoms. The van der Waals surface area contributed by atoms with Crippen molar-refractivity contribution >= 4 is 12.4 Å². The summed E-state index contributed by atoms with van der Waals surface area (Å²) in [5.41, 5.74) is 5.63. The zero-order chi connectivity index (χ0) is 11.5. The number of halogens is 4. The Morgan fingerprint density at radius 1 is 1.31 bits per heavy atom. The van der Waals surface area contributed by atoms with Gasteiger partial charge in [0.15, 0.2) is 0 Å². The smallest absolute Gasteiger partial charge is 0.328 e. The molecule has 0 heterocycles. The third-order valence-electron chi connectivity index (χ3n) is 2.14. The molecule has 1 rings (SSSR count). The Bertz CT molecular complexity index is 323. The van der Waals surface area contributed by atoms with Gasteiger partial charge in [-0.3, -0.25) is 0 Å². The third kappa shape index (κ3) is 4.86. The van der Waals surface area contributed by atoms with E-state index in [9.17, 15) is 13.2 Å². The van der Waals surface area contributed by atoms with E-state index in [1.54, 1.807) is 6.07 Å². The molecule has 92 valence electrons. The fourth-order valence-corrected chi connectivity index (χ4v) is 1.30. The molecule has 0 amide bonds. The first-order chi connectivity index (χ1) is 6.89. The van der Waals surface area contributed by atoms with Crippen molar-refractivity contribution < 1.29 is 13.2 Å². The van der Waals surface area contributed by atoms with Gasteiger partial charge in [0.2, 0.25) is 0 Å². The van der Waals surface area contributed by atoms with Gasteiger partial charge in [-0.25, -0.2) is 0 Å². The molecule has 0 unspecified atom stereocenters. The lowest BCUT2D eigenvalue weighted by Crippen LogP contribution is -2.15. The summed E-state index contributed by atoms with van der Waals surface area (Å²) in [4.78, 5) is 0. The predicted molar refractivity (Wildman–Crippen MR) is 60.7 cm³/mol. The minimum atomic E-state index is -4.26. The fourth-order valence-electron chi connectivity index (χ4n) is 1.30. The van der Waals surface area contributed by atoms with E-state index in [4.69, 9.17) is 5.73 Å². The average molecular weight is 254 g/mol. The van der Waals surface area contributed by atoms with Crippen LogP contribution in [0.3, 0.4) is 0 Å². The van der Waals surface area contributed by atoms with Gasteiger partial charge in [-0.1, -0.05) is 18.2 Å². The van der Waals surface area contributed by atoms with Crippen molar-refractivity contribution in [2.24, 2.45) is 5.73 Å². The monoisotopic (exact) mass is 253 g/mol. The van der Waals surface area contributed by atoms with Gasteiger partial charge in [0.25, 0.3) is 0 Å². The first-order valence-corrected chi connectivity index (χ1v) is 4.81. The van der Waals surface area contributed by atoms with E-state index >= 15 is 0 Å². The maximum absolute atomic E-state index is 12.3. The number of hydrogen-bond acceptors (Lipinski definition) is 1. The lowest BCUT2D eigenvalue weighted by atomic mass is 10.0. The summed E-state index contributed by atoms with van der Waals surface area (Å²) >= 11 is 0. The van der Waals surface area contributed by atoms with Crippen molar-refractivity contribution in [2.45, 2.75) is 32.0 Å². The van der Waals surface area contributed by atoms with E-state index in [1.165, 1.54) is 12.1 Å². The molecule has 0 aliphatic heterocycles. The molecule has 0 saturated heterocycles. The van der Waals surface area contributed by atoms with E-state index < -0.39 is 11.7 Å². The van der Waals surface area contributed by atoms with Gasteiger partial charge in [0.1, 0.15) is 0 Å². The Balaban J connectivity index is 0.00000225. The molecule has 1 atom stereocenters. The van der Waals surface area contributed by atoms with Crippen molar-refractivity contribution in [3.8, 4) is 0 Å². The average Bonchev–Trinajstić information content (AvgIpc) is 2.14. The Labute approximate surface area is 99.2 Å². The standard InChI is InChI=1S/C11H14F3N.ClH/c1-8(15)5-6-9-3-2-4-10(7-9)11(12,13)14;/h2-4,7-8H,5-6,15H2,1H3;1H/t8-;/m1./s1. The molecule has 0 aromatic heterocycles. The van der Waals surface area contributed by atoms with Crippen LogP contribution in [0, 0.1) is 0 Å². The van der Waals surface area contributed by atoms with Gasteiger partial charge in [-0.15, -0.1) is 12.4 Å². The van der Waals surface area contributed by atoms with Gasteiger partial charge in [-0.2, -0.15) is 13.2 Å². The quantitative estimate of drug-likeness (QED) is 0.878. The summed E-state index contributed by atoms with van der Waals surface area (Å²) in [6.07, 6.45) is -2.98. The summed E-state index contributed by atoms with van der Waals surface area (Å²) < 4.78 is 37.0. The minimum absolute atomic E-state index is 0. The van der Waals surface area contributed by atoms with Gasteiger partial charge < -0.3 is 5.73 Å². The van der Waals surface area contributed by atoms with Crippen molar-refractivity contribution in [3.05, 3.63) is 35.4 Å². The van der Waals surface area contributed by atoms with Crippen molar-refractivity contribution in [1.29, 1.82) is 0 Å². The summed E-state index contributed by atoms with van der Waals surface area (Å²) in [7, 11) is 0. The topological polar surface area (TPSA) is 26.0 Å². The van der Waals surface area contributed by atoms with Crippen LogP contribution in [0.25, 0.3) is 0 Å². The van der Waals surface area contributed by atoms with Crippen LogP contribution < -0.4 is 5.73 Å². The van der Waals surface area contributed by atoms with Crippen LogP contribution >= 0.6 is 12.4 Å². The molecule has 0 bridgehead atoms. The molecule has 0 spiro atoms. The van der Waals surface area contributed by atoms with Crippen LogP contribution in [0.1, 0.15) is 24.5 Å². The molecule has 16 heavy (non-hydrogen) atoms. The summed E-state index contributed by atoms with van der Waals surface area (Å²) in [6, 6.07) is 5.40. The number of rotatable bonds is 3. The second-order valence-electron chi connectivity index (χ2n) is 3.71. The highest BCUT2D eigenvalue weighted by Gasteiger charge is 2.30. The van der Waals surface area contributed by atoms with Gasteiger partial charge in [-0.05, 0) is 31.4 Å². The number of alkyl halides is 3. The highest BCUT2D eigenvalue weighted by molar-refractivity contribution is 5.85. The van der Waals surface area contributed by atoms with Crippen molar-refractivity contribution in [2.75, 3.05) is 0 Å². The van der Waals surface area contributed by atoms with Crippen molar-refractivity contribution in [1.82, 2.24) is 0 Å². The molecule has 0 radical (unpaired) electrons. The zero-order valence-corrected chi connectivity index (χ0v) is 9.74. The summed E-state index contributed by atoms with van der Waals surface area (Å²) in [5.74, 6) is 0. The molecule has 1 nitrogen and oxygen atoms in total. The lowest BCUT2D eigenvalue weighted by molar-refractivity contribution is -0.137. The summed E-state index contributed by atoms with van der Waals surface area (Å²) in [5, 5.41) is 0. The predicted octanol–water partition coefficient (Wildman–Crippen LogP) is 3.41. The fraction of sp³-hybridized carbons (Fsp3) is 0.455. The Kier molecular flexibility index (Phi) is 5.83. The van der Waals surface area contributed by atoms with Crippen LogP contribution in [0.5, 0.6) is 0 Å².